The summed E-state index contributed by atoms with van der Waals surface area (Å²) in [4.78, 5) is 18.7. The van der Waals surface area contributed by atoms with Gasteiger partial charge in [0.05, 0.1) is 6.26 Å². The fourth-order valence-electron chi connectivity index (χ4n) is 3.49. The van der Waals surface area contributed by atoms with Crippen LogP contribution in [0.2, 0.25) is 0 Å². The predicted octanol–water partition coefficient (Wildman–Crippen LogP) is 3.18. The molecule has 2 aliphatic rings. The molecule has 0 N–H and O–H groups in total. The third kappa shape index (κ3) is 3.35. The van der Waals surface area contributed by atoms with Crippen molar-refractivity contribution in [3.8, 4) is 0 Å². The standard InChI is InChI=1S/C18H22N2O2S/c21-18(16-12-15(16)17-5-1-10-22-17)20-7-3-6-19(8-9-20)13-14-4-2-11-23-14/h1-2,4-5,10-11,15-16H,3,6-9,12-13H2. The molecule has 1 aliphatic carbocycles. The van der Waals surface area contributed by atoms with Crippen molar-refractivity contribution >= 4 is 17.2 Å². The lowest BCUT2D eigenvalue weighted by Gasteiger charge is -2.21. The van der Waals surface area contributed by atoms with Crippen molar-refractivity contribution < 1.29 is 9.21 Å². The maximum Gasteiger partial charge on any atom is 0.226 e. The Bertz CT molecular complexity index is 638. The van der Waals surface area contributed by atoms with E-state index in [-0.39, 0.29) is 5.92 Å². The predicted molar refractivity (Wildman–Crippen MR) is 90.3 cm³/mol. The molecule has 4 nitrogen and oxygen atoms in total. The highest BCUT2D eigenvalue weighted by atomic mass is 32.1. The van der Waals surface area contributed by atoms with Crippen molar-refractivity contribution in [3.63, 3.8) is 0 Å². The fraction of sp³-hybridized carbons (Fsp3) is 0.500. The summed E-state index contributed by atoms with van der Waals surface area (Å²) in [6.07, 6.45) is 3.71. The van der Waals surface area contributed by atoms with Crippen LogP contribution in [0.1, 0.15) is 29.4 Å². The third-order valence-electron chi connectivity index (χ3n) is 4.88. The first kappa shape index (κ1) is 15.0. The highest BCUT2D eigenvalue weighted by molar-refractivity contribution is 7.09. The minimum absolute atomic E-state index is 0.144. The second kappa shape index (κ2) is 6.49. The summed E-state index contributed by atoms with van der Waals surface area (Å²) in [5.74, 6) is 1.75. The Hall–Kier alpha value is -1.59. The molecule has 2 aromatic rings. The summed E-state index contributed by atoms with van der Waals surface area (Å²) in [7, 11) is 0. The molecule has 122 valence electrons. The Morgan fingerprint density at radius 3 is 2.96 bits per heavy atom. The molecule has 1 saturated carbocycles. The van der Waals surface area contributed by atoms with Crippen LogP contribution in [0.4, 0.5) is 0 Å². The second-order valence-electron chi connectivity index (χ2n) is 6.50. The molecule has 0 bridgehead atoms. The van der Waals surface area contributed by atoms with Crippen LogP contribution in [0, 0.1) is 5.92 Å². The number of hydrogen-bond acceptors (Lipinski definition) is 4. The molecule has 2 atom stereocenters. The highest BCUT2D eigenvalue weighted by Crippen LogP contribution is 2.48. The van der Waals surface area contributed by atoms with E-state index in [4.69, 9.17) is 4.42 Å². The summed E-state index contributed by atoms with van der Waals surface area (Å²) in [6, 6.07) is 8.19. The van der Waals surface area contributed by atoms with Gasteiger partial charge in [-0.25, -0.2) is 0 Å². The molecule has 1 aliphatic heterocycles. The normalized spacial score (nSPS) is 25.3. The molecular formula is C18H22N2O2S. The van der Waals surface area contributed by atoms with Gasteiger partial charge in [-0.15, -0.1) is 11.3 Å². The van der Waals surface area contributed by atoms with Crippen LogP contribution in [-0.4, -0.2) is 41.9 Å². The van der Waals surface area contributed by atoms with Crippen molar-refractivity contribution in [3.05, 3.63) is 46.5 Å². The van der Waals surface area contributed by atoms with Gasteiger partial charge in [0.15, 0.2) is 0 Å². The Morgan fingerprint density at radius 1 is 1.22 bits per heavy atom. The number of furan rings is 1. The largest absolute Gasteiger partial charge is 0.469 e. The molecule has 3 heterocycles. The minimum Gasteiger partial charge on any atom is -0.469 e. The van der Waals surface area contributed by atoms with Gasteiger partial charge in [-0.1, -0.05) is 6.07 Å². The van der Waals surface area contributed by atoms with Crippen LogP contribution >= 0.6 is 11.3 Å². The van der Waals surface area contributed by atoms with E-state index in [1.807, 2.05) is 23.5 Å². The zero-order valence-electron chi connectivity index (χ0n) is 13.2. The van der Waals surface area contributed by atoms with Crippen molar-refractivity contribution in [1.29, 1.82) is 0 Å². The number of rotatable bonds is 4. The van der Waals surface area contributed by atoms with E-state index in [2.05, 4.69) is 27.3 Å². The lowest BCUT2D eigenvalue weighted by molar-refractivity contribution is -0.132. The van der Waals surface area contributed by atoms with E-state index in [9.17, 15) is 4.79 Å². The van der Waals surface area contributed by atoms with Crippen LogP contribution in [-0.2, 0) is 11.3 Å². The fourth-order valence-corrected chi connectivity index (χ4v) is 4.24. The van der Waals surface area contributed by atoms with Gasteiger partial charge >= 0.3 is 0 Å². The van der Waals surface area contributed by atoms with Gasteiger partial charge < -0.3 is 9.32 Å². The molecule has 5 heteroatoms. The Morgan fingerprint density at radius 2 is 2.17 bits per heavy atom. The van der Waals surface area contributed by atoms with E-state index in [0.717, 1.165) is 51.3 Å². The molecule has 1 saturated heterocycles. The molecule has 23 heavy (non-hydrogen) atoms. The second-order valence-corrected chi connectivity index (χ2v) is 7.53. The van der Waals surface area contributed by atoms with Crippen LogP contribution in [0.25, 0.3) is 0 Å². The summed E-state index contributed by atoms with van der Waals surface area (Å²) < 4.78 is 5.45. The van der Waals surface area contributed by atoms with E-state index in [1.165, 1.54) is 4.88 Å². The van der Waals surface area contributed by atoms with Crippen LogP contribution in [0.5, 0.6) is 0 Å². The molecule has 0 spiro atoms. The van der Waals surface area contributed by atoms with Gasteiger partial charge in [-0.05, 0) is 36.4 Å². The SMILES string of the molecule is O=C(C1CC1c1ccco1)N1CCCN(Cc2cccs2)CC1. The molecule has 1 amide bonds. The first-order valence-electron chi connectivity index (χ1n) is 8.38. The van der Waals surface area contributed by atoms with Crippen molar-refractivity contribution in [2.45, 2.75) is 25.3 Å². The Kier molecular flexibility index (Phi) is 4.23. The van der Waals surface area contributed by atoms with Crippen LogP contribution < -0.4 is 0 Å². The van der Waals surface area contributed by atoms with Gasteiger partial charge in [0.2, 0.25) is 5.91 Å². The molecule has 4 rings (SSSR count). The van der Waals surface area contributed by atoms with Gasteiger partial charge in [0.1, 0.15) is 5.76 Å². The Labute approximate surface area is 140 Å². The zero-order valence-corrected chi connectivity index (χ0v) is 14.0. The summed E-state index contributed by atoms with van der Waals surface area (Å²) in [6.45, 7) is 4.81. The van der Waals surface area contributed by atoms with Gasteiger partial charge in [-0.3, -0.25) is 9.69 Å². The van der Waals surface area contributed by atoms with Crippen LogP contribution in [0.3, 0.4) is 0 Å². The van der Waals surface area contributed by atoms with Gasteiger partial charge in [-0.2, -0.15) is 0 Å². The number of thiophene rings is 1. The van der Waals surface area contributed by atoms with E-state index >= 15 is 0 Å². The number of nitrogens with zero attached hydrogens (tertiary/aromatic N) is 2. The maximum atomic E-state index is 12.7. The smallest absolute Gasteiger partial charge is 0.226 e. The molecular weight excluding hydrogens is 308 g/mol. The van der Waals surface area contributed by atoms with Gasteiger partial charge in [0.25, 0.3) is 0 Å². The number of carbonyl (C=O) groups is 1. The maximum absolute atomic E-state index is 12.7. The zero-order chi connectivity index (χ0) is 15.6. The quantitative estimate of drug-likeness (QED) is 0.864. The topological polar surface area (TPSA) is 36.7 Å². The van der Waals surface area contributed by atoms with E-state index < -0.39 is 0 Å². The first-order valence-corrected chi connectivity index (χ1v) is 9.26. The van der Waals surface area contributed by atoms with Crippen molar-refractivity contribution in [2.24, 2.45) is 5.92 Å². The van der Waals surface area contributed by atoms with Gasteiger partial charge in [0, 0.05) is 49.4 Å². The van der Waals surface area contributed by atoms with E-state index in [0.29, 0.717) is 11.8 Å². The molecule has 2 aromatic heterocycles. The minimum atomic E-state index is 0.144. The summed E-state index contributed by atoms with van der Waals surface area (Å²) >= 11 is 1.81. The molecule has 2 unspecified atom stereocenters. The van der Waals surface area contributed by atoms with Crippen LogP contribution in [0.15, 0.2) is 40.3 Å². The molecule has 0 aromatic carbocycles. The average molecular weight is 330 g/mol. The third-order valence-corrected chi connectivity index (χ3v) is 5.74. The van der Waals surface area contributed by atoms with Crippen molar-refractivity contribution in [1.82, 2.24) is 9.80 Å². The lowest BCUT2D eigenvalue weighted by Crippen LogP contribution is -2.36. The number of amides is 1. The monoisotopic (exact) mass is 330 g/mol. The van der Waals surface area contributed by atoms with Crippen molar-refractivity contribution in [2.75, 3.05) is 26.2 Å². The van der Waals surface area contributed by atoms with E-state index in [1.54, 1.807) is 6.26 Å². The molecule has 2 fully saturated rings. The lowest BCUT2D eigenvalue weighted by atomic mass is 10.2. The first-order chi connectivity index (χ1) is 11.3. The average Bonchev–Trinajstić information content (AvgIpc) is 2.96. The summed E-state index contributed by atoms with van der Waals surface area (Å²) in [5, 5.41) is 2.13. The highest BCUT2D eigenvalue weighted by Gasteiger charge is 2.47. The summed E-state index contributed by atoms with van der Waals surface area (Å²) in [5.41, 5.74) is 0. The number of carbonyl (C=O) groups excluding carboxylic acids is 1. The molecule has 0 radical (unpaired) electrons. The number of hydrogen-bond donors (Lipinski definition) is 0. The Balaban J connectivity index is 1.31.